The van der Waals surface area contributed by atoms with E-state index in [2.05, 4.69) is 20.8 Å². The van der Waals surface area contributed by atoms with Crippen molar-refractivity contribution in [3.8, 4) is 0 Å². The summed E-state index contributed by atoms with van der Waals surface area (Å²) in [6.07, 6.45) is 1.81. The van der Waals surface area contributed by atoms with Crippen LogP contribution in [0.1, 0.15) is 59.3 Å². The number of ether oxygens (including phenoxy) is 4. The third-order valence-corrected chi connectivity index (χ3v) is 4.16. The molecule has 3 unspecified atom stereocenters. The van der Waals surface area contributed by atoms with Gasteiger partial charge in [0.15, 0.2) is 6.29 Å². The molecule has 0 amide bonds. The van der Waals surface area contributed by atoms with Gasteiger partial charge in [0.2, 0.25) is 0 Å². The van der Waals surface area contributed by atoms with Crippen LogP contribution in [-0.2, 0) is 18.9 Å². The Morgan fingerprint density at radius 2 is 1.38 bits per heavy atom. The van der Waals surface area contributed by atoms with Crippen molar-refractivity contribution in [3.05, 3.63) is 0 Å². The smallest absolute Gasteiger partial charge is 0.186 e. The van der Waals surface area contributed by atoms with Crippen LogP contribution in [0.25, 0.3) is 0 Å². The summed E-state index contributed by atoms with van der Waals surface area (Å²) in [4.78, 5) is 0. The highest BCUT2D eigenvalue weighted by Gasteiger charge is 2.45. The summed E-state index contributed by atoms with van der Waals surface area (Å²) in [6.45, 7) is 8.17. The fraction of sp³-hybridized carbons (Fsp3) is 1.00. The Morgan fingerprint density at radius 3 is 2.00 bits per heavy atom. The van der Waals surface area contributed by atoms with E-state index in [4.69, 9.17) is 18.9 Å². The number of unbranched alkanes of at least 4 members (excludes halogenated alkanes) is 3. The van der Waals surface area contributed by atoms with Gasteiger partial charge >= 0.3 is 0 Å². The molecule has 0 aromatic heterocycles. The highest BCUT2D eigenvalue weighted by molar-refractivity contribution is 4.90. The standard InChI is InChI=1S/C18H36O6/c1-4-7-10-21-13-14-15(19)16(20)17(22-11-8-5-2)18(24-14)23-12-9-6-3/h14-20H,4-13H2,1-3H3/t14?,15-,16?,17?,18+/m0/s1. The Morgan fingerprint density at radius 1 is 0.792 bits per heavy atom. The minimum atomic E-state index is -1.04. The maximum atomic E-state index is 10.4. The second-order valence-corrected chi connectivity index (χ2v) is 6.37. The first-order valence-corrected chi connectivity index (χ1v) is 9.48. The maximum absolute atomic E-state index is 10.4. The summed E-state index contributed by atoms with van der Waals surface area (Å²) >= 11 is 0. The largest absolute Gasteiger partial charge is 0.387 e. The topological polar surface area (TPSA) is 77.4 Å². The van der Waals surface area contributed by atoms with Crippen LogP contribution < -0.4 is 0 Å². The van der Waals surface area contributed by atoms with Gasteiger partial charge in [0, 0.05) is 19.8 Å². The molecular weight excluding hydrogens is 312 g/mol. The minimum Gasteiger partial charge on any atom is -0.387 e. The van der Waals surface area contributed by atoms with Crippen LogP contribution in [0.4, 0.5) is 0 Å². The quantitative estimate of drug-likeness (QED) is 0.497. The lowest BCUT2D eigenvalue weighted by molar-refractivity contribution is -0.311. The Balaban J connectivity index is 2.59. The zero-order valence-electron chi connectivity index (χ0n) is 15.5. The van der Waals surface area contributed by atoms with Crippen LogP contribution in [0, 0.1) is 0 Å². The van der Waals surface area contributed by atoms with Gasteiger partial charge in [0.1, 0.15) is 24.4 Å². The first-order chi connectivity index (χ1) is 11.7. The molecule has 1 aliphatic heterocycles. The average Bonchev–Trinajstić information content (AvgIpc) is 2.58. The highest BCUT2D eigenvalue weighted by atomic mass is 16.7. The Hall–Kier alpha value is -0.240. The lowest BCUT2D eigenvalue weighted by Crippen LogP contribution is -2.60. The van der Waals surface area contributed by atoms with Gasteiger partial charge in [-0.2, -0.15) is 0 Å². The second kappa shape index (κ2) is 13.0. The molecule has 2 N–H and O–H groups in total. The molecule has 0 bridgehead atoms. The molecule has 1 fully saturated rings. The number of rotatable bonds is 13. The third kappa shape index (κ3) is 7.33. The summed E-state index contributed by atoms with van der Waals surface area (Å²) < 4.78 is 22.9. The molecule has 0 aromatic carbocycles. The zero-order valence-corrected chi connectivity index (χ0v) is 15.5. The maximum Gasteiger partial charge on any atom is 0.186 e. The van der Waals surface area contributed by atoms with E-state index in [0.29, 0.717) is 19.8 Å². The summed E-state index contributed by atoms with van der Waals surface area (Å²) in [5.74, 6) is 0. The van der Waals surface area contributed by atoms with Gasteiger partial charge in [-0.15, -0.1) is 0 Å². The van der Waals surface area contributed by atoms with Gasteiger partial charge < -0.3 is 29.2 Å². The van der Waals surface area contributed by atoms with Crippen molar-refractivity contribution in [1.82, 2.24) is 0 Å². The molecule has 0 aromatic rings. The molecule has 5 atom stereocenters. The van der Waals surface area contributed by atoms with Crippen molar-refractivity contribution >= 4 is 0 Å². The van der Waals surface area contributed by atoms with Gasteiger partial charge in [-0.1, -0.05) is 40.0 Å². The van der Waals surface area contributed by atoms with Crippen molar-refractivity contribution in [2.75, 3.05) is 26.4 Å². The van der Waals surface area contributed by atoms with E-state index in [1.54, 1.807) is 0 Å². The monoisotopic (exact) mass is 348 g/mol. The molecule has 1 aliphatic rings. The van der Waals surface area contributed by atoms with Gasteiger partial charge in [-0.25, -0.2) is 0 Å². The van der Waals surface area contributed by atoms with E-state index in [-0.39, 0.29) is 6.61 Å². The first kappa shape index (κ1) is 21.8. The van der Waals surface area contributed by atoms with E-state index in [1.807, 2.05) is 0 Å². The predicted molar refractivity (Wildman–Crippen MR) is 91.9 cm³/mol. The van der Waals surface area contributed by atoms with E-state index in [0.717, 1.165) is 38.5 Å². The molecule has 0 radical (unpaired) electrons. The molecule has 1 heterocycles. The van der Waals surface area contributed by atoms with Crippen LogP contribution in [0.3, 0.4) is 0 Å². The fourth-order valence-electron chi connectivity index (χ4n) is 2.51. The van der Waals surface area contributed by atoms with E-state index >= 15 is 0 Å². The van der Waals surface area contributed by atoms with Crippen molar-refractivity contribution in [2.45, 2.75) is 90.0 Å². The molecular formula is C18H36O6. The highest BCUT2D eigenvalue weighted by Crippen LogP contribution is 2.25. The summed E-state index contributed by atoms with van der Waals surface area (Å²) in [5, 5.41) is 20.8. The van der Waals surface area contributed by atoms with Crippen molar-refractivity contribution in [1.29, 1.82) is 0 Å². The summed E-state index contributed by atoms with van der Waals surface area (Å²) in [7, 11) is 0. The van der Waals surface area contributed by atoms with Gasteiger partial charge in [0.25, 0.3) is 0 Å². The number of aliphatic hydroxyl groups excluding tert-OH is 2. The van der Waals surface area contributed by atoms with Crippen molar-refractivity contribution in [2.24, 2.45) is 0 Å². The molecule has 1 rings (SSSR count). The molecule has 6 heteroatoms. The first-order valence-electron chi connectivity index (χ1n) is 9.48. The van der Waals surface area contributed by atoms with Gasteiger partial charge in [0.05, 0.1) is 6.61 Å². The van der Waals surface area contributed by atoms with Crippen LogP contribution in [0.2, 0.25) is 0 Å². The average molecular weight is 348 g/mol. The SMILES string of the molecule is CCCCOCC1O[C@@H](OCCCC)C(OCCCC)C(O)[C@H]1O. The summed E-state index contributed by atoms with van der Waals surface area (Å²) in [6, 6.07) is 0. The number of hydrogen-bond acceptors (Lipinski definition) is 6. The Bertz CT molecular complexity index is 299. The zero-order chi connectivity index (χ0) is 17.8. The van der Waals surface area contributed by atoms with E-state index < -0.39 is 30.7 Å². The molecule has 0 aliphatic carbocycles. The molecule has 0 saturated carbocycles. The van der Waals surface area contributed by atoms with E-state index in [9.17, 15) is 10.2 Å². The fourth-order valence-corrected chi connectivity index (χ4v) is 2.51. The minimum absolute atomic E-state index is 0.244. The second-order valence-electron chi connectivity index (χ2n) is 6.37. The lowest BCUT2D eigenvalue weighted by Gasteiger charge is -2.42. The Labute approximate surface area is 146 Å². The van der Waals surface area contributed by atoms with Gasteiger partial charge in [-0.05, 0) is 19.3 Å². The number of hydrogen-bond donors (Lipinski definition) is 2. The van der Waals surface area contributed by atoms with Crippen molar-refractivity contribution in [3.63, 3.8) is 0 Å². The van der Waals surface area contributed by atoms with Crippen LogP contribution in [0.15, 0.2) is 0 Å². The normalized spacial score (nSPS) is 30.6. The lowest BCUT2D eigenvalue weighted by atomic mass is 9.99. The molecule has 6 nitrogen and oxygen atoms in total. The molecule has 0 spiro atoms. The molecule has 144 valence electrons. The molecule has 24 heavy (non-hydrogen) atoms. The van der Waals surface area contributed by atoms with Crippen LogP contribution in [-0.4, -0.2) is 67.3 Å². The van der Waals surface area contributed by atoms with Crippen LogP contribution in [0.5, 0.6) is 0 Å². The third-order valence-electron chi connectivity index (χ3n) is 4.16. The molecule has 1 saturated heterocycles. The van der Waals surface area contributed by atoms with Gasteiger partial charge in [-0.3, -0.25) is 0 Å². The van der Waals surface area contributed by atoms with E-state index in [1.165, 1.54) is 0 Å². The summed E-state index contributed by atoms with van der Waals surface area (Å²) in [5.41, 5.74) is 0. The Kier molecular flexibility index (Phi) is 11.8. The van der Waals surface area contributed by atoms with Crippen LogP contribution >= 0.6 is 0 Å². The number of aliphatic hydroxyl groups is 2. The van der Waals surface area contributed by atoms with Crippen molar-refractivity contribution < 1.29 is 29.2 Å². The predicted octanol–water partition coefficient (Wildman–Crippen LogP) is 2.25.